The molecule has 10 heteroatoms. The first-order chi connectivity index (χ1) is 16.3. The summed E-state index contributed by atoms with van der Waals surface area (Å²) in [6.45, 7) is 2.23. The van der Waals surface area contributed by atoms with E-state index in [0.717, 1.165) is 9.87 Å². The molecular formula is C24H22Cl2N2O5S. The molecule has 1 amide bonds. The lowest BCUT2D eigenvalue weighted by atomic mass is 10.1. The highest BCUT2D eigenvalue weighted by molar-refractivity contribution is 7.92. The molecule has 178 valence electrons. The van der Waals surface area contributed by atoms with Crippen molar-refractivity contribution < 1.29 is 22.7 Å². The molecule has 0 bridgehead atoms. The van der Waals surface area contributed by atoms with Crippen LogP contribution in [0.15, 0.2) is 71.6 Å². The molecule has 1 N–H and O–H groups in total. The van der Waals surface area contributed by atoms with Crippen molar-refractivity contribution >= 4 is 44.8 Å². The number of hydrogen-bond donors (Lipinski definition) is 1. The van der Waals surface area contributed by atoms with E-state index in [9.17, 15) is 13.2 Å². The average Bonchev–Trinajstić information content (AvgIpc) is 2.84. The van der Waals surface area contributed by atoms with Crippen LogP contribution in [0.3, 0.4) is 0 Å². The highest BCUT2D eigenvalue weighted by Gasteiger charge is 2.29. The van der Waals surface area contributed by atoms with Gasteiger partial charge in [0, 0.05) is 5.02 Å². The lowest BCUT2D eigenvalue weighted by Crippen LogP contribution is -2.41. The third-order valence-corrected chi connectivity index (χ3v) is 7.57. The summed E-state index contributed by atoms with van der Waals surface area (Å²) >= 11 is 12.4. The number of ether oxygens (including phenoxy) is 2. The van der Waals surface area contributed by atoms with Gasteiger partial charge in [-0.25, -0.2) is 8.42 Å². The Morgan fingerprint density at radius 2 is 1.71 bits per heavy atom. The molecular weight excluding hydrogens is 499 g/mol. The molecule has 0 saturated heterocycles. The summed E-state index contributed by atoms with van der Waals surface area (Å²) in [5, 5.41) is 3.28. The Morgan fingerprint density at radius 3 is 2.44 bits per heavy atom. The molecule has 1 heterocycles. The number of halogens is 2. The Kier molecular flexibility index (Phi) is 7.21. The Labute approximate surface area is 208 Å². The fraction of sp³-hybridized carbons (Fsp3) is 0.208. The van der Waals surface area contributed by atoms with E-state index in [-0.39, 0.29) is 20.6 Å². The summed E-state index contributed by atoms with van der Waals surface area (Å²) in [7, 11) is -4.11. The standard InChI is InChI=1S/C24H22Cl2N2O5S/c1-16(17-7-10-22-23(13-17)33-12-11-32-22)27-24(29)15-28(21-14-18(25)8-9-20(21)26)34(30,31)19-5-3-2-4-6-19/h2-10,13-14,16H,11-12,15H2,1H3,(H,27,29)/t16-/m1/s1. The maximum Gasteiger partial charge on any atom is 0.264 e. The molecule has 7 nitrogen and oxygen atoms in total. The summed E-state index contributed by atoms with van der Waals surface area (Å²) in [6.07, 6.45) is 0. The fourth-order valence-electron chi connectivity index (χ4n) is 3.53. The number of anilines is 1. The monoisotopic (exact) mass is 520 g/mol. The maximum atomic E-state index is 13.5. The van der Waals surface area contributed by atoms with Crippen LogP contribution in [-0.2, 0) is 14.8 Å². The molecule has 0 aliphatic carbocycles. The molecule has 0 fully saturated rings. The van der Waals surface area contributed by atoms with Crippen molar-refractivity contribution in [2.24, 2.45) is 0 Å². The predicted octanol–water partition coefficient (Wildman–Crippen LogP) is 4.84. The van der Waals surface area contributed by atoms with E-state index in [1.165, 1.54) is 24.3 Å². The lowest BCUT2D eigenvalue weighted by molar-refractivity contribution is -0.120. The minimum atomic E-state index is -4.11. The summed E-state index contributed by atoms with van der Waals surface area (Å²) in [5.41, 5.74) is 0.899. The van der Waals surface area contributed by atoms with Gasteiger partial charge in [-0.1, -0.05) is 47.5 Å². The van der Waals surface area contributed by atoms with Gasteiger partial charge in [0.2, 0.25) is 5.91 Å². The molecule has 1 aliphatic heterocycles. The van der Waals surface area contributed by atoms with Crippen molar-refractivity contribution in [1.29, 1.82) is 0 Å². The van der Waals surface area contributed by atoms with E-state index in [0.29, 0.717) is 24.7 Å². The van der Waals surface area contributed by atoms with Crippen LogP contribution in [0.2, 0.25) is 10.0 Å². The van der Waals surface area contributed by atoms with Crippen LogP contribution in [0, 0.1) is 0 Å². The summed E-state index contributed by atoms with van der Waals surface area (Å²) in [6, 6.07) is 17.3. The molecule has 0 saturated carbocycles. The van der Waals surface area contributed by atoms with E-state index in [4.69, 9.17) is 32.7 Å². The van der Waals surface area contributed by atoms with Gasteiger partial charge in [-0.3, -0.25) is 9.10 Å². The highest BCUT2D eigenvalue weighted by atomic mass is 35.5. The zero-order valence-electron chi connectivity index (χ0n) is 18.2. The Bertz CT molecular complexity index is 1300. The number of fused-ring (bicyclic) bond motifs is 1. The number of nitrogens with one attached hydrogen (secondary N) is 1. The van der Waals surface area contributed by atoms with Crippen LogP contribution in [0.4, 0.5) is 5.69 Å². The number of amides is 1. The van der Waals surface area contributed by atoms with Gasteiger partial charge in [0.1, 0.15) is 19.8 Å². The summed E-state index contributed by atoms with van der Waals surface area (Å²) in [4.78, 5) is 13.1. The van der Waals surface area contributed by atoms with Gasteiger partial charge >= 0.3 is 0 Å². The topological polar surface area (TPSA) is 84.9 Å². The number of hydrogen-bond acceptors (Lipinski definition) is 5. The maximum absolute atomic E-state index is 13.5. The lowest BCUT2D eigenvalue weighted by Gasteiger charge is -2.26. The second-order valence-corrected chi connectivity index (χ2v) is 10.3. The highest BCUT2D eigenvalue weighted by Crippen LogP contribution is 2.34. The Morgan fingerprint density at radius 1 is 1.00 bits per heavy atom. The summed E-state index contributed by atoms with van der Waals surface area (Å²) < 4.78 is 39.0. The smallest absolute Gasteiger partial charge is 0.264 e. The third-order valence-electron chi connectivity index (χ3n) is 5.24. The van der Waals surface area contributed by atoms with Crippen molar-refractivity contribution in [3.63, 3.8) is 0 Å². The van der Waals surface area contributed by atoms with Gasteiger partial charge in [-0.2, -0.15) is 0 Å². The molecule has 34 heavy (non-hydrogen) atoms. The molecule has 4 rings (SSSR count). The van der Waals surface area contributed by atoms with Crippen LogP contribution in [-0.4, -0.2) is 34.1 Å². The first-order valence-corrected chi connectivity index (χ1v) is 12.7. The van der Waals surface area contributed by atoms with Crippen molar-refractivity contribution in [3.05, 3.63) is 82.3 Å². The van der Waals surface area contributed by atoms with Gasteiger partial charge in [-0.15, -0.1) is 0 Å². The molecule has 0 unspecified atom stereocenters. The van der Waals surface area contributed by atoms with Crippen LogP contribution in [0.1, 0.15) is 18.5 Å². The molecule has 3 aromatic carbocycles. The largest absolute Gasteiger partial charge is 0.486 e. The van der Waals surface area contributed by atoms with Gasteiger partial charge < -0.3 is 14.8 Å². The number of benzene rings is 3. The minimum absolute atomic E-state index is 0.0266. The quantitative estimate of drug-likeness (QED) is 0.481. The van der Waals surface area contributed by atoms with Crippen molar-refractivity contribution in [2.75, 3.05) is 24.1 Å². The minimum Gasteiger partial charge on any atom is -0.486 e. The number of rotatable bonds is 7. The van der Waals surface area contributed by atoms with E-state index in [1.54, 1.807) is 43.3 Å². The first kappa shape index (κ1) is 24.2. The van der Waals surface area contributed by atoms with Crippen molar-refractivity contribution in [2.45, 2.75) is 17.9 Å². The van der Waals surface area contributed by atoms with Gasteiger partial charge in [0.25, 0.3) is 10.0 Å². The SMILES string of the molecule is C[C@@H](NC(=O)CN(c1cc(Cl)ccc1Cl)S(=O)(=O)c1ccccc1)c1ccc2c(c1)OCCO2. The van der Waals surface area contributed by atoms with Gasteiger partial charge in [0.15, 0.2) is 11.5 Å². The fourth-order valence-corrected chi connectivity index (χ4v) is 5.42. The van der Waals surface area contributed by atoms with E-state index < -0.39 is 28.5 Å². The number of sulfonamides is 1. The van der Waals surface area contributed by atoms with E-state index in [2.05, 4.69) is 5.32 Å². The normalized spacial score (nSPS) is 13.7. The molecule has 1 atom stereocenters. The van der Waals surface area contributed by atoms with Crippen LogP contribution in [0.25, 0.3) is 0 Å². The number of carbonyl (C=O) groups excluding carboxylic acids is 1. The molecule has 0 spiro atoms. The Balaban J connectivity index is 1.60. The van der Waals surface area contributed by atoms with Crippen LogP contribution < -0.4 is 19.1 Å². The number of nitrogens with zero attached hydrogens (tertiary/aromatic N) is 1. The first-order valence-electron chi connectivity index (χ1n) is 10.5. The van der Waals surface area contributed by atoms with Crippen LogP contribution in [0.5, 0.6) is 11.5 Å². The molecule has 3 aromatic rings. The molecule has 0 radical (unpaired) electrons. The van der Waals surface area contributed by atoms with E-state index >= 15 is 0 Å². The van der Waals surface area contributed by atoms with Crippen molar-refractivity contribution in [3.8, 4) is 11.5 Å². The summed E-state index contributed by atoms with van der Waals surface area (Å²) in [5.74, 6) is 0.728. The zero-order chi connectivity index (χ0) is 24.3. The third kappa shape index (κ3) is 5.24. The van der Waals surface area contributed by atoms with E-state index in [1.807, 2.05) is 6.07 Å². The second-order valence-electron chi connectivity index (χ2n) is 7.61. The zero-order valence-corrected chi connectivity index (χ0v) is 20.5. The Hall–Kier alpha value is -2.94. The van der Waals surface area contributed by atoms with Crippen molar-refractivity contribution in [1.82, 2.24) is 5.32 Å². The average molecular weight is 521 g/mol. The van der Waals surface area contributed by atoms with Gasteiger partial charge in [-0.05, 0) is 55.0 Å². The van der Waals surface area contributed by atoms with Gasteiger partial charge in [0.05, 0.1) is 21.6 Å². The molecule has 1 aliphatic rings. The second kappa shape index (κ2) is 10.1. The predicted molar refractivity (Wildman–Crippen MR) is 131 cm³/mol. The number of carbonyl (C=O) groups is 1. The van der Waals surface area contributed by atoms with Crippen LogP contribution >= 0.6 is 23.2 Å². The molecule has 0 aromatic heterocycles.